The van der Waals surface area contributed by atoms with Gasteiger partial charge in [0.25, 0.3) is 0 Å². The van der Waals surface area contributed by atoms with Crippen molar-refractivity contribution in [3.05, 3.63) is 16.1 Å². The summed E-state index contributed by atoms with van der Waals surface area (Å²) < 4.78 is 5.07. The Kier molecular flexibility index (Phi) is 6.26. The van der Waals surface area contributed by atoms with E-state index in [0.717, 1.165) is 31.8 Å². The zero-order valence-electron chi connectivity index (χ0n) is 12.2. The maximum Gasteiger partial charge on any atom is 0.0934 e. The predicted molar refractivity (Wildman–Crippen MR) is 78.2 cm³/mol. The lowest BCUT2D eigenvalue weighted by Gasteiger charge is -2.33. The van der Waals surface area contributed by atoms with E-state index in [-0.39, 0.29) is 5.41 Å². The standard InChI is InChI=1S/C14H26N2OS/c1-11(2)14(4,10-15-6-7-17-5)8-13-16-12(3)9-18-13/h9,11,15H,6-8,10H2,1-5H3. The van der Waals surface area contributed by atoms with Gasteiger partial charge in [0.2, 0.25) is 0 Å². The molecule has 0 saturated carbocycles. The summed E-state index contributed by atoms with van der Waals surface area (Å²) in [6, 6.07) is 0. The number of rotatable bonds is 8. The first-order valence-electron chi connectivity index (χ1n) is 6.58. The second-order valence-corrected chi connectivity index (χ2v) is 6.48. The van der Waals surface area contributed by atoms with Crippen molar-refractivity contribution in [3.8, 4) is 0 Å². The van der Waals surface area contributed by atoms with Gasteiger partial charge in [0.15, 0.2) is 0 Å². The summed E-state index contributed by atoms with van der Waals surface area (Å²) in [4.78, 5) is 4.59. The molecule has 0 aliphatic carbocycles. The Labute approximate surface area is 115 Å². The minimum atomic E-state index is 0.248. The Hall–Kier alpha value is -0.450. The van der Waals surface area contributed by atoms with Gasteiger partial charge in [-0.2, -0.15) is 0 Å². The minimum absolute atomic E-state index is 0.248. The van der Waals surface area contributed by atoms with E-state index in [1.165, 1.54) is 5.01 Å². The van der Waals surface area contributed by atoms with Gasteiger partial charge >= 0.3 is 0 Å². The predicted octanol–water partition coefficient (Wildman–Crippen LogP) is 2.89. The molecule has 1 unspecified atom stereocenters. The maximum absolute atomic E-state index is 5.07. The average molecular weight is 270 g/mol. The molecule has 3 nitrogen and oxygen atoms in total. The number of ether oxygens (including phenoxy) is 1. The van der Waals surface area contributed by atoms with Gasteiger partial charge in [-0.1, -0.05) is 20.8 Å². The molecule has 0 saturated heterocycles. The van der Waals surface area contributed by atoms with Crippen LogP contribution >= 0.6 is 11.3 Å². The van der Waals surface area contributed by atoms with Crippen molar-refractivity contribution in [2.24, 2.45) is 11.3 Å². The lowest BCUT2D eigenvalue weighted by atomic mass is 9.76. The highest BCUT2D eigenvalue weighted by Gasteiger charge is 2.29. The first-order valence-corrected chi connectivity index (χ1v) is 7.46. The van der Waals surface area contributed by atoms with E-state index in [1.807, 2.05) is 0 Å². The third-order valence-electron chi connectivity index (χ3n) is 3.63. The molecule has 1 aromatic rings. The van der Waals surface area contributed by atoms with E-state index in [2.05, 4.69) is 43.4 Å². The van der Waals surface area contributed by atoms with Gasteiger partial charge in [-0.05, 0) is 18.3 Å². The molecule has 0 bridgehead atoms. The molecule has 0 fully saturated rings. The number of nitrogens with zero attached hydrogens (tertiary/aromatic N) is 1. The first kappa shape index (κ1) is 15.6. The third-order valence-corrected chi connectivity index (χ3v) is 4.59. The van der Waals surface area contributed by atoms with Crippen LogP contribution in [0.2, 0.25) is 0 Å². The van der Waals surface area contributed by atoms with Crippen LogP contribution < -0.4 is 5.32 Å². The van der Waals surface area contributed by atoms with Crippen LogP contribution in [0.4, 0.5) is 0 Å². The molecule has 0 spiro atoms. The Bertz CT molecular complexity index is 351. The molecule has 0 aliphatic rings. The molecular weight excluding hydrogens is 244 g/mol. The normalized spacial score (nSPS) is 15.0. The van der Waals surface area contributed by atoms with Crippen LogP contribution in [0.25, 0.3) is 0 Å². The first-order chi connectivity index (χ1) is 8.48. The van der Waals surface area contributed by atoms with Crippen LogP contribution in [-0.2, 0) is 11.2 Å². The van der Waals surface area contributed by atoms with E-state index in [9.17, 15) is 0 Å². The number of hydrogen-bond donors (Lipinski definition) is 1. The van der Waals surface area contributed by atoms with Crippen LogP contribution in [-0.4, -0.2) is 31.8 Å². The molecule has 0 aromatic carbocycles. The van der Waals surface area contributed by atoms with E-state index < -0.39 is 0 Å². The van der Waals surface area contributed by atoms with Crippen LogP contribution in [0.3, 0.4) is 0 Å². The van der Waals surface area contributed by atoms with Crippen LogP contribution in [0.1, 0.15) is 31.5 Å². The molecule has 1 aromatic heterocycles. The minimum Gasteiger partial charge on any atom is -0.383 e. The molecule has 104 valence electrons. The van der Waals surface area contributed by atoms with Crippen LogP contribution in [0.5, 0.6) is 0 Å². The number of thiazole rings is 1. The number of methoxy groups -OCH3 is 1. The Morgan fingerprint density at radius 2 is 2.22 bits per heavy atom. The van der Waals surface area contributed by atoms with Crippen molar-refractivity contribution >= 4 is 11.3 Å². The third kappa shape index (κ3) is 4.67. The summed E-state index contributed by atoms with van der Waals surface area (Å²) >= 11 is 1.77. The topological polar surface area (TPSA) is 34.1 Å². The molecular formula is C14H26N2OS. The summed E-state index contributed by atoms with van der Waals surface area (Å²) in [7, 11) is 1.74. The maximum atomic E-state index is 5.07. The summed E-state index contributed by atoms with van der Waals surface area (Å²) in [5.41, 5.74) is 1.38. The van der Waals surface area contributed by atoms with Crippen molar-refractivity contribution in [1.29, 1.82) is 0 Å². The monoisotopic (exact) mass is 270 g/mol. The largest absolute Gasteiger partial charge is 0.383 e. The van der Waals surface area contributed by atoms with Crippen molar-refractivity contribution in [2.75, 3.05) is 26.8 Å². The SMILES string of the molecule is COCCNCC(C)(Cc1nc(C)cs1)C(C)C. The molecule has 1 rings (SSSR count). The lowest BCUT2D eigenvalue weighted by Crippen LogP contribution is -2.39. The van der Waals surface area contributed by atoms with E-state index in [1.54, 1.807) is 18.4 Å². The van der Waals surface area contributed by atoms with Crippen molar-refractivity contribution in [2.45, 2.75) is 34.1 Å². The van der Waals surface area contributed by atoms with Crippen LogP contribution in [0, 0.1) is 18.3 Å². The molecule has 1 N–H and O–H groups in total. The van der Waals surface area contributed by atoms with E-state index in [0.29, 0.717) is 5.92 Å². The van der Waals surface area contributed by atoms with Gasteiger partial charge in [0.05, 0.1) is 11.6 Å². The van der Waals surface area contributed by atoms with Gasteiger partial charge in [0.1, 0.15) is 0 Å². The summed E-state index contributed by atoms with van der Waals surface area (Å²) in [5.74, 6) is 0.622. The number of aryl methyl sites for hydroxylation is 1. The smallest absolute Gasteiger partial charge is 0.0934 e. The zero-order chi connectivity index (χ0) is 13.6. The number of hydrogen-bond acceptors (Lipinski definition) is 4. The molecule has 0 amide bonds. The molecule has 18 heavy (non-hydrogen) atoms. The van der Waals surface area contributed by atoms with Crippen LogP contribution in [0.15, 0.2) is 5.38 Å². The van der Waals surface area contributed by atoms with Crippen molar-refractivity contribution in [1.82, 2.24) is 10.3 Å². The Balaban J connectivity index is 2.56. The highest BCUT2D eigenvalue weighted by atomic mass is 32.1. The average Bonchev–Trinajstić information content (AvgIpc) is 2.70. The molecule has 1 atom stereocenters. The van der Waals surface area contributed by atoms with Crippen molar-refractivity contribution < 1.29 is 4.74 Å². The summed E-state index contributed by atoms with van der Waals surface area (Å²) in [5, 5.41) is 6.87. The van der Waals surface area contributed by atoms with Gasteiger partial charge in [-0.3, -0.25) is 0 Å². The summed E-state index contributed by atoms with van der Waals surface area (Å²) in [6.45, 7) is 11.7. The van der Waals surface area contributed by atoms with E-state index >= 15 is 0 Å². The molecule has 0 aliphatic heterocycles. The highest BCUT2D eigenvalue weighted by Crippen LogP contribution is 2.31. The van der Waals surface area contributed by atoms with E-state index in [4.69, 9.17) is 4.74 Å². The molecule has 1 heterocycles. The van der Waals surface area contributed by atoms with Crippen molar-refractivity contribution in [3.63, 3.8) is 0 Å². The number of nitrogens with one attached hydrogen (secondary N) is 1. The second-order valence-electron chi connectivity index (χ2n) is 5.54. The molecule has 4 heteroatoms. The number of aromatic nitrogens is 1. The fourth-order valence-corrected chi connectivity index (χ4v) is 2.82. The fourth-order valence-electron chi connectivity index (χ4n) is 1.85. The zero-order valence-corrected chi connectivity index (χ0v) is 13.1. The fraction of sp³-hybridized carbons (Fsp3) is 0.786. The summed E-state index contributed by atoms with van der Waals surface area (Å²) in [6.07, 6.45) is 1.04. The van der Waals surface area contributed by atoms with Gasteiger partial charge in [-0.25, -0.2) is 4.98 Å². The Morgan fingerprint density at radius 3 is 2.72 bits per heavy atom. The molecule has 0 radical (unpaired) electrons. The lowest BCUT2D eigenvalue weighted by molar-refractivity contribution is 0.175. The quantitative estimate of drug-likeness (QED) is 0.738. The van der Waals surface area contributed by atoms with Gasteiger partial charge in [0, 0.05) is 37.7 Å². The Morgan fingerprint density at radius 1 is 1.50 bits per heavy atom. The highest BCUT2D eigenvalue weighted by molar-refractivity contribution is 7.09. The second kappa shape index (κ2) is 7.22. The van der Waals surface area contributed by atoms with Gasteiger partial charge in [-0.15, -0.1) is 11.3 Å². The van der Waals surface area contributed by atoms with Gasteiger partial charge < -0.3 is 10.1 Å².